The molecule has 1 aromatic carbocycles. The van der Waals surface area contributed by atoms with Crippen LogP contribution in [-0.4, -0.2) is 41.1 Å². The van der Waals surface area contributed by atoms with E-state index in [1.807, 2.05) is 0 Å². The molecule has 4 aliphatic rings. The van der Waals surface area contributed by atoms with Crippen molar-refractivity contribution in [3.8, 4) is 0 Å². The monoisotopic (exact) mass is 326 g/mol. The number of anilines is 1. The molecular formula is C20H26N2O2. The van der Waals surface area contributed by atoms with E-state index in [9.17, 15) is 9.90 Å². The van der Waals surface area contributed by atoms with Gasteiger partial charge in [0.2, 0.25) is 0 Å². The Morgan fingerprint density at radius 1 is 1.33 bits per heavy atom. The molecule has 3 heterocycles. The summed E-state index contributed by atoms with van der Waals surface area (Å²) in [7, 11) is 0. The van der Waals surface area contributed by atoms with E-state index >= 15 is 0 Å². The van der Waals surface area contributed by atoms with E-state index in [1.54, 1.807) is 0 Å². The zero-order valence-corrected chi connectivity index (χ0v) is 14.3. The Balaban J connectivity index is 1.75. The van der Waals surface area contributed by atoms with Gasteiger partial charge in [-0.05, 0) is 62.2 Å². The Bertz CT molecular complexity index is 705. The first-order valence-corrected chi connectivity index (χ1v) is 9.45. The van der Waals surface area contributed by atoms with Crippen LogP contribution in [0, 0.1) is 11.3 Å². The van der Waals surface area contributed by atoms with Crippen molar-refractivity contribution in [3.05, 3.63) is 29.8 Å². The Kier molecular flexibility index (Phi) is 2.92. The maximum Gasteiger partial charge on any atom is 0.308 e. The molecule has 3 fully saturated rings. The quantitative estimate of drug-likeness (QED) is 0.877. The normalized spacial score (nSPS) is 42.8. The summed E-state index contributed by atoms with van der Waals surface area (Å²) in [6, 6.07) is 9.13. The number of piperidine rings is 1. The third-order valence-electron chi connectivity index (χ3n) is 7.71. The van der Waals surface area contributed by atoms with Crippen LogP contribution in [0.5, 0.6) is 0 Å². The minimum absolute atomic E-state index is 0.0195. The van der Waals surface area contributed by atoms with Gasteiger partial charge in [-0.25, -0.2) is 0 Å². The summed E-state index contributed by atoms with van der Waals surface area (Å²) in [5.74, 6) is -0.901. The second-order valence-electron chi connectivity index (χ2n) is 8.36. The summed E-state index contributed by atoms with van der Waals surface area (Å²) in [6.45, 7) is 4.58. The van der Waals surface area contributed by atoms with Crippen LogP contribution in [0.15, 0.2) is 24.3 Å². The van der Waals surface area contributed by atoms with Crippen LogP contribution in [0.4, 0.5) is 5.69 Å². The standard InChI is InChI=1S/C20H26N2O2/c1-2-19-8-5-10-22-11-9-20(18(19)22)14-6-3-4-7-15(14)21-16(20)13(12-19)17(23)24/h3-4,6-7,13,16,18,21H,2,5,8-12H2,1H3,(H,23,24)/t13?,16-,18-,19-,20-/m1/s1. The maximum atomic E-state index is 12.2. The summed E-state index contributed by atoms with van der Waals surface area (Å²) in [4.78, 5) is 14.9. The lowest BCUT2D eigenvalue weighted by Gasteiger charge is -2.59. The van der Waals surface area contributed by atoms with Crippen molar-refractivity contribution in [2.24, 2.45) is 11.3 Å². The van der Waals surface area contributed by atoms with E-state index in [4.69, 9.17) is 0 Å². The lowest BCUT2D eigenvalue weighted by molar-refractivity contribution is -0.150. The first kappa shape index (κ1) is 14.8. The fraction of sp³-hybridized carbons (Fsp3) is 0.650. The molecule has 2 saturated heterocycles. The number of benzene rings is 1. The average Bonchev–Trinajstić information content (AvgIpc) is 3.15. The van der Waals surface area contributed by atoms with Gasteiger partial charge in [-0.2, -0.15) is 0 Å². The SMILES string of the molecule is CC[C@@]12CCCN3CC[C@]4(c5ccccc5N[C@@H]4C(C(=O)O)C1)[C@H]32. The number of nitrogens with zero attached hydrogens (tertiary/aromatic N) is 1. The van der Waals surface area contributed by atoms with E-state index in [0.717, 1.165) is 25.8 Å². The van der Waals surface area contributed by atoms with Crippen molar-refractivity contribution in [2.45, 2.75) is 56.5 Å². The van der Waals surface area contributed by atoms with Crippen LogP contribution < -0.4 is 5.32 Å². The summed E-state index contributed by atoms with van der Waals surface area (Å²) >= 11 is 0. The molecule has 1 aliphatic carbocycles. The molecule has 1 saturated carbocycles. The summed E-state index contributed by atoms with van der Waals surface area (Å²) < 4.78 is 0. The number of nitrogens with one attached hydrogen (secondary N) is 1. The van der Waals surface area contributed by atoms with Crippen molar-refractivity contribution >= 4 is 11.7 Å². The minimum atomic E-state index is -0.616. The first-order chi connectivity index (χ1) is 11.6. The van der Waals surface area contributed by atoms with Gasteiger partial charge in [0.25, 0.3) is 0 Å². The predicted octanol–water partition coefficient (Wildman–Crippen LogP) is 3.09. The van der Waals surface area contributed by atoms with E-state index in [2.05, 4.69) is 41.4 Å². The third kappa shape index (κ3) is 1.56. The fourth-order valence-corrected chi connectivity index (χ4v) is 6.93. The number of carboxylic acid groups (broad SMARTS) is 1. The number of carbonyl (C=O) groups is 1. The van der Waals surface area contributed by atoms with Crippen molar-refractivity contribution in [1.82, 2.24) is 4.90 Å². The number of hydrogen-bond donors (Lipinski definition) is 2. The van der Waals surface area contributed by atoms with Crippen LogP contribution in [0.3, 0.4) is 0 Å². The topological polar surface area (TPSA) is 52.6 Å². The zero-order chi connectivity index (χ0) is 16.5. The van der Waals surface area contributed by atoms with Crippen LogP contribution in [0.25, 0.3) is 0 Å². The molecule has 1 aromatic rings. The van der Waals surface area contributed by atoms with Gasteiger partial charge in [0.15, 0.2) is 0 Å². The van der Waals surface area contributed by atoms with Gasteiger partial charge < -0.3 is 10.4 Å². The van der Waals surface area contributed by atoms with Crippen molar-refractivity contribution in [2.75, 3.05) is 18.4 Å². The highest BCUT2D eigenvalue weighted by Crippen LogP contribution is 2.65. The third-order valence-corrected chi connectivity index (χ3v) is 7.71. The lowest BCUT2D eigenvalue weighted by Crippen LogP contribution is -2.67. The largest absolute Gasteiger partial charge is 0.481 e. The molecule has 0 aromatic heterocycles. The van der Waals surface area contributed by atoms with Gasteiger partial charge in [0.1, 0.15) is 0 Å². The van der Waals surface area contributed by atoms with Crippen LogP contribution in [-0.2, 0) is 10.2 Å². The van der Waals surface area contributed by atoms with Gasteiger partial charge in [-0.15, -0.1) is 0 Å². The molecular weight excluding hydrogens is 300 g/mol. The van der Waals surface area contributed by atoms with Gasteiger partial charge in [-0.1, -0.05) is 25.1 Å². The number of fused-ring (bicyclic) bond motifs is 1. The van der Waals surface area contributed by atoms with Crippen LogP contribution >= 0.6 is 0 Å². The fourth-order valence-electron chi connectivity index (χ4n) is 6.93. The highest BCUT2D eigenvalue weighted by molar-refractivity contribution is 5.76. The molecule has 5 atom stereocenters. The Morgan fingerprint density at radius 2 is 2.17 bits per heavy atom. The summed E-state index contributed by atoms with van der Waals surface area (Å²) in [6.07, 6.45) is 5.41. The van der Waals surface area contributed by atoms with E-state index in [-0.39, 0.29) is 22.8 Å². The molecule has 4 nitrogen and oxygen atoms in total. The number of aliphatic carboxylic acids is 1. The number of para-hydroxylation sites is 1. The van der Waals surface area contributed by atoms with Gasteiger partial charge in [-0.3, -0.25) is 9.69 Å². The molecule has 24 heavy (non-hydrogen) atoms. The Morgan fingerprint density at radius 3 is 2.96 bits per heavy atom. The maximum absolute atomic E-state index is 12.2. The number of hydrogen-bond acceptors (Lipinski definition) is 3. The smallest absolute Gasteiger partial charge is 0.308 e. The van der Waals surface area contributed by atoms with Crippen molar-refractivity contribution in [1.29, 1.82) is 0 Å². The molecule has 1 unspecified atom stereocenters. The number of carboxylic acids is 1. The highest BCUT2D eigenvalue weighted by Gasteiger charge is 2.69. The molecule has 0 bridgehead atoms. The molecule has 1 spiro atoms. The number of rotatable bonds is 2. The second kappa shape index (κ2) is 4.75. The molecule has 5 rings (SSSR count). The molecule has 0 amide bonds. The first-order valence-electron chi connectivity index (χ1n) is 9.45. The summed E-state index contributed by atoms with van der Waals surface area (Å²) in [5, 5.41) is 13.7. The zero-order valence-electron chi connectivity index (χ0n) is 14.3. The Hall–Kier alpha value is -1.55. The molecule has 0 radical (unpaired) electrons. The van der Waals surface area contributed by atoms with E-state index < -0.39 is 5.97 Å². The van der Waals surface area contributed by atoms with Crippen LogP contribution in [0.2, 0.25) is 0 Å². The van der Waals surface area contributed by atoms with E-state index in [0.29, 0.717) is 6.04 Å². The van der Waals surface area contributed by atoms with Crippen LogP contribution in [0.1, 0.15) is 44.6 Å². The molecule has 2 N–H and O–H groups in total. The Labute approximate surface area is 143 Å². The van der Waals surface area contributed by atoms with Gasteiger partial charge >= 0.3 is 5.97 Å². The van der Waals surface area contributed by atoms with Crippen molar-refractivity contribution in [3.63, 3.8) is 0 Å². The highest BCUT2D eigenvalue weighted by atomic mass is 16.4. The summed E-state index contributed by atoms with van der Waals surface area (Å²) in [5.41, 5.74) is 2.70. The second-order valence-corrected chi connectivity index (χ2v) is 8.36. The molecule has 4 heteroatoms. The van der Waals surface area contributed by atoms with Crippen molar-refractivity contribution < 1.29 is 9.90 Å². The van der Waals surface area contributed by atoms with Gasteiger partial charge in [0, 0.05) is 17.1 Å². The minimum Gasteiger partial charge on any atom is -0.481 e. The lowest BCUT2D eigenvalue weighted by atomic mass is 9.49. The molecule has 128 valence electrons. The predicted molar refractivity (Wildman–Crippen MR) is 93.2 cm³/mol. The van der Waals surface area contributed by atoms with E-state index in [1.165, 1.54) is 30.6 Å². The molecule has 3 aliphatic heterocycles. The van der Waals surface area contributed by atoms with Gasteiger partial charge in [0.05, 0.1) is 12.0 Å². The average molecular weight is 326 g/mol.